The molecule has 0 heterocycles. The molecule has 0 amide bonds. The summed E-state index contributed by atoms with van der Waals surface area (Å²) in [6.07, 6.45) is 115. The Kier molecular flexibility index (Phi) is 73.4. The number of quaternary nitrogens is 1. The van der Waals surface area contributed by atoms with Crippen LogP contribution in [0.4, 0.5) is 0 Å². The second-order valence-electron chi connectivity index (χ2n) is 27.7. The number of phosphoric acid groups is 1. The smallest absolute Gasteiger partial charge is 0.462 e. The van der Waals surface area contributed by atoms with Crippen molar-refractivity contribution in [1.29, 1.82) is 0 Å². The number of rotatable bonds is 73. The average molecular weight is 1380 g/mol. The lowest BCUT2D eigenvalue weighted by atomic mass is 10.0. The Hall–Kier alpha value is -4.37. The van der Waals surface area contributed by atoms with Gasteiger partial charge in [-0.1, -0.05) is 358 Å². The van der Waals surface area contributed by atoms with Gasteiger partial charge in [0.2, 0.25) is 0 Å². The zero-order chi connectivity index (χ0) is 71.1. The van der Waals surface area contributed by atoms with E-state index in [0.29, 0.717) is 17.4 Å². The van der Waals surface area contributed by atoms with E-state index < -0.39 is 26.5 Å². The molecule has 560 valence electrons. The number of allylic oxidation sites excluding steroid dienone is 26. The molecule has 98 heavy (non-hydrogen) atoms. The molecular weight excluding hydrogens is 1230 g/mol. The van der Waals surface area contributed by atoms with E-state index >= 15 is 0 Å². The number of phosphoric ester groups is 1. The van der Waals surface area contributed by atoms with Crippen molar-refractivity contribution in [2.24, 2.45) is 0 Å². The lowest BCUT2D eigenvalue weighted by molar-refractivity contribution is -0.870. The maximum absolute atomic E-state index is 12.9. The van der Waals surface area contributed by atoms with Crippen LogP contribution in [-0.2, 0) is 32.7 Å². The second kappa shape index (κ2) is 76.8. The van der Waals surface area contributed by atoms with Crippen molar-refractivity contribution < 1.29 is 42.1 Å². The van der Waals surface area contributed by atoms with Gasteiger partial charge in [0.05, 0.1) is 27.7 Å². The fourth-order valence-corrected chi connectivity index (χ4v) is 11.7. The van der Waals surface area contributed by atoms with Crippen molar-refractivity contribution in [3.63, 3.8) is 0 Å². The Balaban J connectivity index is 4.00. The Bertz CT molecular complexity index is 2220. The second-order valence-corrected chi connectivity index (χ2v) is 29.1. The highest BCUT2D eigenvalue weighted by Gasteiger charge is 2.27. The van der Waals surface area contributed by atoms with Crippen LogP contribution in [0.25, 0.3) is 0 Å². The molecule has 0 radical (unpaired) electrons. The fraction of sp³-hybridized carbons (Fsp3) is 0.682. The standard InChI is InChI=1S/C88H150NO8P/c1-6-8-10-12-14-16-18-20-22-24-26-28-30-32-34-36-38-40-41-42-43-44-45-46-47-49-51-53-55-57-59-61-63-65-67-69-71-73-75-77-79-81-88(91)97-86(85-96-98(92,93)95-83-82-89(3,4)5)84-94-87(90)80-78-76-74-72-70-68-66-64-62-60-58-56-54-52-50-48-39-37-35-33-31-29-27-25-23-21-19-17-15-13-11-9-7-2/h8-11,14-17,20-23,26-29,32,34,38,40,42-43,45-46,49,51,86H,6-7,12-13,18-19,24-25,30-31,33,35-37,39,41,44,47-48,50,52-85H2,1-5H3/p+1/b10-8-,11-9-,16-14-,17-15-,22-20-,23-21-,28-26-,29-27-,34-32-,40-38-,43-42-,46-45-,51-49-. The third-order valence-electron chi connectivity index (χ3n) is 17.1. The molecule has 0 saturated carbocycles. The van der Waals surface area contributed by atoms with Crippen LogP contribution < -0.4 is 0 Å². The number of nitrogens with zero attached hydrogens (tertiary/aromatic N) is 1. The molecule has 1 N–H and O–H groups in total. The van der Waals surface area contributed by atoms with E-state index in [1.165, 1.54) is 180 Å². The molecule has 0 bridgehead atoms. The third-order valence-corrected chi connectivity index (χ3v) is 18.0. The van der Waals surface area contributed by atoms with Gasteiger partial charge in [-0.3, -0.25) is 18.6 Å². The molecule has 9 nitrogen and oxygen atoms in total. The van der Waals surface area contributed by atoms with Gasteiger partial charge in [-0.25, -0.2) is 4.57 Å². The van der Waals surface area contributed by atoms with E-state index in [1.54, 1.807) is 0 Å². The van der Waals surface area contributed by atoms with Gasteiger partial charge in [-0.15, -0.1) is 0 Å². The number of esters is 2. The molecule has 0 aliphatic rings. The lowest BCUT2D eigenvalue weighted by Gasteiger charge is -2.24. The third kappa shape index (κ3) is 80.6. The minimum absolute atomic E-state index is 0.0271. The van der Waals surface area contributed by atoms with Crippen molar-refractivity contribution >= 4 is 19.8 Å². The monoisotopic (exact) mass is 1380 g/mol. The SMILES string of the molecule is CC/C=C\C/C=C\C/C=C\C/C=C\C/C=C\C/C=C\C/C=C\C/C=C\C/C=C\CCCCCCCCCCCCCCCC(=O)OC(COC(=O)CCCCCCCCCCCCCCCCCCCCCC/C=C\C/C=C\C/C=C\C/C=C\CC)COP(=O)(O)OCC[N+](C)(C)C. The molecule has 2 atom stereocenters. The largest absolute Gasteiger partial charge is 0.472 e. The maximum Gasteiger partial charge on any atom is 0.472 e. The summed E-state index contributed by atoms with van der Waals surface area (Å²) in [5, 5.41) is 0. The summed E-state index contributed by atoms with van der Waals surface area (Å²) in [6.45, 7) is 4.23. The number of ether oxygens (including phenoxy) is 2. The van der Waals surface area contributed by atoms with Gasteiger partial charge >= 0.3 is 19.8 Å². The van der Waals surface area contributed by atoms with Gasteiger partial charge < -0.3 is 18.9 Å². The van der Waals surface area contributed by atoms with Crippen molar-refractivity contribution in [3.8, 4) is 0 Å². The lowest BCUT2D eigenvalue weighted by Crippen LogP contribution is -2.37. The number of hydrogen-bond acceptors (Lipinski definition) is 7. The molecule has 10 heteroatoms. The molecule has 0 saturated heterocycles. The first-order valence-electron chi connectivity index (χ1n) is 40.2. The van der Waals surface area contributed by atoms with Gasteiger partial charge in [0.25, 0.3) is 0 Å². The zero-order valence-corrected chi connectivity index (χ0v) is 64.9. The van der Waals surface area contributed by atoms with Crippen LogP contribution in [0.1, 0.15) is 335 Å². The van der Waals surface area contributed by atoms with Crippen molar-refractivity contribution in [3.05, 3.63) is 158 Å². The minimum Gasteiger partial charge on any atom is -0.462 e. The van der Waals surface area contributed by atoms with Crippen LogP contribution in [0.15, 0.2) is 158 Å². The van der Waals surface area contributed by atoms with Gasteiger partial charge in [-0.05, 0) is 122 Å². The van der Waals surface area contributed by atoms with E-state index in [2.05, 4.69) is 172 Å². The highest BCUT2D eigenvalue weighted by Crippen LogP contribution is 2.43. The predicted molar refractivity (Wildman–Crippen MR) is 426 cm³/mol. The van der Waals surface area contributed by atoms with Crippen LogP contribution in [0.3, 0.4) is 0 Å². The molecule has 0 aliphatic carbocycles. The van der Waals surface area contributed by atoms with Crippen molar-refractivity contribution in [2.75, 3.05) is 47.5 Å². The van der Waals surface area contributed by atoms with Gasteiger partial charge in [0.15, 0.2) is 6.10 Å². The first kappa shape index (κ1) is 93.6. The van der Waals surface area contributed by atoms with E-state index in [9.17, 15) is 19.0 Å². The number of hydrogen-bond donors (Lipinski definition) is 1. The Morgan fingerprint density at radius 2 is 0.551 bits per heavy atom. The minimum atomic E-state index is -4.40. The highest BCUT2D eigenvalue weighted by molar-refractivity contribution is 7.47. The van der Waals surface area contributed by atoms with E-state index in [1.807, 2.05) is 21.1 Å². The van der Waals surface area contributed by atoms with Crippen LogP contribution in [0.2, 0.25) is 0 Å². The molecule has 0 spiro atoms. The Morgan fingerprint density at radius 1 is 0.316 bits per heavy atom. The maximum atomic E-state index is 12.9. The topological polar surface area (TPSA) is 108 Å². The summed E-state index contributed by atoms with van der Waals surface area (Å²) in [7, 11) is 1.47. The summed E-state index contributed by atoms with van der Waals surface area (Å²) in [6, 6.07) is 0. The molecule has 0 fully saturated rings. The predicted octanol–water partition coefficient (Wildman–Crippen LogP) is 27.1. The van der Waals surface area contributed by atoms with Crippen LogP contribution in [-0.4, -0.2) is 74.9 Å². The van der Waals surface area contributed by atoms with Crippen LogP contribution in [0, 0.1) is 0 Å². The van der Waals surface area contributed by atoms with Crippen LogP contribution in [0.5, 0.6) is 0 Å². The number of carbonyl (C=O) groups excluding carboxylic acids is 2. The van der Waals surface area contributed by atoms with Gasteiger partial charge in [-0.2, -0.15) is 0 Å². The highest BCUT2D eigenvalue weighted by atomic mass is 31.2. The van der Waals surface area contributed by atoms with E-state index in [-0.39, 0.29) is 32.0 Å². The van der Waals surface area contributed by atoms with Crippen LogP contribution >= 0.6 is 7.82 Å². The molecule has 0 aliphatic heterocycles. The molecule has 0 aromatic heterocycles. The summed E-state index contributed by atoms with van der Waals surface area (Å²) in [5.41, 5.74) is 0. The molecule has 2 unspecified atom stereocenters. The fourth-order valence-electron chi connectivity index (χ4n) is 11.0. The number of carbonyl (C=O) groups is 2. The average Bonchev–Trinajstić information content (AvgIpc) is 1.08. The first-order valence-corrected chi connectivity index (χ1v) is 41.7. The van der Waals surface area contributed by atoms with E-state index in [0.717, 1.165) is 122 Å². The van der Waals surface area contributed by atoms with Crippen molar-refractivity contribution in [2.45, 2.75) is 341 Å². The summed E-state index contributed by atoms with van der Waals surface area (Å²) in [5.74, 6) is -0.793. The van der Waals surface area contributed by atoms with Crippen molar-refractivity contribution in [1.82, 2.24) is 0 Å². The Morgan fingerprint density at radius 3 is 0.816 bits per heavy atom. The van der Waals surface area contributed by atoms with Gasteiger partial charge in [0.1, 0.15) is 19.8 Å². The quantitative estimate of drug-likeness (QED) is 0.0211. The molecule has 0 aromatic rings. The summed E-state index contributed by atoms with van der Waals surface area (Å²) >= 11 is 0. The summed E-state index contributed by atoms with van der Waals surface area (Å²) in [4.78, 5) is 36.0. The zero-order valence-electron chi connectivity index (χ0n) is 64.0. The summed E-state index contributed by atoms with van der Waals surface area (Å²) < 4.78 is 34.8. The number of likely N-dealkylation sites (N-methyl/N-ethyl adjacent to an activating group) is 1. The van der Waals surface area contributed by atoms with Gasteiger partial charge in [0, 0.05) is 12.8 Å². The van der Waals surface area contributed by atoms with E-state index in [4.69, 9.17) is 18.5 Å². The first-order chi connectivity index (χ1) is 48.0. The molecule has 0 aromatic carbocycles. The Labute approximate surface area is 605 Å². The molecular formula is C88H151NO8P+. The molecule has 0 rings (SSSR count). The normalized spacial score (nSPS) is 13.9. The number of unbranched alkanes of at least 4 members (excludes halogenated alkanes) is 33.